The molecule has 1 unspecified atom stereocenters. The number of ether oxygens (including phenoxy) is 1. The van der Waals surface area contributed by atoms with Crippen LogP contribution in [-0.4, -0.2) is 30.7 Å². The normalized spacial score (nSPS) is 11.8. The van der Waals surface area contributed by atoms with Crippen molar-refractivity contribution >= 4 is 23.1 Å². The molecular weight excluding hydrogens is 272 g/mol. The predicted molar refractivity (Wildman–Crippen MR) is 84.5 cm³/mol. The Balaban J connectivity index is 2.45. The lowest BCUT2D eigenvalue weighted by molar-refractivity contribution is -0.123. The van der Waals surface area contributed by atoms with Crippen molar-refractivity contribution in [2.24, 2.45) is 11.7 Å². The van der Waals surface area contributed by atoms with Gasteiger partial charge in [-0.3, -0.25) is 4.79 Å². The van der Waals surface area contributed by atoms with Crippen LogP contribution in [0.15, 0.2) is 30.3 Å². The summed E-state index contributed by atoms with van der Waals surface area (Å²) < 4.78 is 5.22. The predicted octanol–water partition coefficient (Wildman–Crippen LogP) is 1.67. The van der Waals surface area contributed by atoms with Gasteiger partial charge in [-0.15, -0.1) is 0 Å². The van der Waals surface area contributed by atoms with Gasteiger partial charge < -0.3 is 15.8 Å². The Morgan fingerprint density at radius 2 is 2.10 bits per heavy atom. The van der Waals surface area contributed by atoms with Crippen LogP contribution >= 0.6 is 12.2 Å². The summed E-state index contributed by atoms with van der Waals surface area (Å²) in [4.78, 5) is 12.3. The van der Waals surface area contributed by atoms with E-state index in [0.29, 0.717) is 26.2 Å². The summed E-state index contributed by atoms with van der Waals surface area (Å²) in [5, 5.41) is 2.86. The maximum Gasteiger partial charge on any atom is 0.230 e. The molecule has 4 nitrogen and oxygen atoms in total. The van der Waals surface area contributed by atoms with Gasteiger partial charge >= 0.3 is 0 Å². The topological polar surface area (TPSA) is 64.3 Å². The molecule has 0 fully saturated rings. The van der Waals surface area contributed by atoms with E-state index in [9.17, 15) is 4.79 Å². The second-order valence-electron chi connectivity index (χ2n) is 4.49. The summed E-state index contributed by atoms with van der Waals surface area (Å²) in [7, 11) is 0. The Kier molecular flexibility index (Phi) is 7.84. The van der Waals surface area contributed by atoms with E-state index < -0.39 is 5.92 Å². The van der Waals surface area contributed by atoms with Crippen LogP contribution in [0.3, 0.4) is 0 Å². The van der Waals surface area contributed by atoms with Crippen LogP contribution in [-0.2, 0) is 16.0 Å². The molecule has 0 heterocycles. The van der Waals surface area contributed by atoms with Gasteiger partial charge in [-0.1, -0.05) is 42.5 Å². The van der Waals surface area contributed by atoms with Crippen LogP contribution < -0.4 is 11.1 Å². The van der Waals surface area contributed by atoms with E-state index in [1.807, 2.05) is 37.3 Å². The molecule has 1 amide bonds. The third-order valence-electron chi connectivity index (χ3n) is 2.91. The number of rotatable bonds is 9. The van der Waals surface area contributed by atoms with Crippen LogP contribution in [0, 0.1) is 5.92 Å². The third kappa shape index (κ3) is 6.12. The minimum atomic E-state index is -0.459. The number of nitrogens with one attached hydrogen (secondary N) is 1. The number of hydrogen-bond donors (Lipinski definition) is 2. The highest BCUT2D eigenvalue weighted by atomic mass is 32.1. The molecule has 3 N–H and O–H groups in total. The lowest BCUT2D eigenvalue weighted by Crippen LogP contribution is -2.39. The molecule has 1 aromatic rings. The summed E-state index contributed by atoms with van der Waals surface area (Å²) in [6, 6.07) is 9.74. The standard InChI is InChI=1S/C15H22N2O2S/c1-2-19-10-6-9-17-15(18)13(14(16)20)11-12-7-4-3-5-8-12/h3-5,7-8,13H,2,6,9-11H2,1H3,(H2,16,20)(H,17,18). The highest BCUT2D eigenvalue weighted by Crippen LogP contribution is 2.09. The lowest BCUT2D eigenvalue weighted by Gasteiger charge is -2.15. The van der Waals surface area contributed by atoms with E-state index in [4.69, 9.17) is 22.7 Å². The van der Waals surface area contributed by atoms with Crippen LogP contribution in [0.1, 0.15) is 18.9 Å². The van der Waals surface area contributed by atoms with E-state index in [0.717, 1.165) is 12.0 Å². The number of benzene rings is 1. The molecule has 1 aromatic carbocycles. The van der Waals surface area contributed by atoms with Crippen molar-refractivity contribution in [1.82, 2.24) is 5.32 Å². The van der Waals surface area contributed by atoms with Gasteiger partial charge in [0, 0.05) is 19.8 Å². The third-order valence-corrected chi connectivity index (χ3v) is 3.20. The first-order chi connectivity index (χ1) is 9.65. The molecule has 0 aromatic heterocycles. The van der Waals surface area contributed by atoms with Crippen molar-refractivity contribution in [2.45, 2.75) is 19.8 Å². The average molecular weight is 294 g/mol. The largest absolute Gasteiger partial charge is 0.393 e. The first kappa shape index (κ1) is 16.6. The number of amides is 1. The Morgan fingerprint density at radius 3 is 2.70 bits per heavy atom. The van der Waals surface area contributed by atoms with E-state index in [2.05, 4.69) is 5.32 Å². The van der Waals surface area contributed by atoms with Crippen molar-refractivity contribution in [3.05, 3.63) is 35.9 Å². The maximum atomic E-state index is 12.1. The molecule has 110 valence electrons. The maximum absolute atomic E-state index is 12.1. The van der Waals surface area contributed by atoms with E-state index in [-0.39, 0.29) is 10.9 Å². The van der Waals surface area contributed by atoms with Crippen molar-refractivity contribution < 1.29 is 9.53 Å². The molecule has 5 heteroatoms. The van der Waals surface area contributed by atoms with Gasteiger partial charge in [0.15, 0.2) is 0 Å². The van der Waals surface area contributed by atoms with Crippen LogP contribution in [0.5, 0.6) is 0 Å². The summed E-state index contributed by atoms with van der Waals surface area (Å²) in [5.74, 6) is -0.572. The Hall–Kier alpha value is -1.46. The molecule has 0 aliphatic rings. The van der Waals surface area contributed by atoms with Crippen molar-refractivity contribution in [3.8, 4) is 0 Å². The molecule has 0 aliphatic heterocycles. The van der Waals surface area contributed by atoms with Crippen molar-refractivity contribution in [2.75, 3.05) is 19.8 Å². The molecule has 0 bridgehead atoms. The molecule has 1 atom stereocenters. The van der Waals surface area contributed by atoms with Crippen LogP contribution in [0.25, 0.3) is 0 Å². The summed E-state index contributed by atoms with van der Waals surface area (Å²) in [6.45, 7) is 3.86. The molecule has 0 aliphatic carbocycles. The molecule has 0 saturated carbocycles. The van der Waals surface area contributed by atoms with E-state index in [1.165, 1.54) is 0 Å². The fraction of sp³-hybridized carbons (Fsp3) is 0.467. The zero-order valence-corrected chi connectivity index (χ0v) is 12.6. The number of hydrogen-bond acceptors (Lipinski definition) is 3. The van der Waals surface area contributed by atoms with Gasteiger partial charge in [-0.05, 0) is 25.3 Å². The zero-order valence-electron chi connectivity index (χ0n) is 11.8. The zero-order chi connectivity index (χ0) is 14.8. The lowest BCUT2D eigenvalue weighted by atomic mass is 9.98. The second-order valence-corrected chi connectivity index (χ2v) is 4.96. The van der Waals surface area contributed by atoms with E-state index in [1.54, 1.807) is 0 Å². The van der Waals surface area contributed by atoms with Crippen molar-refractivity contribution in [3.63, 3.8) is 0 Å². The van der Waals surface area contributed by atoms with Gasteiger partial charge in [0.2, 0.25) is 5.91 Å². The first-order valence-electron chi connectivity index (χ1n) is 6.83. The minimum absolute atomic E-state index is 0.113. The van der Waals surface area contributed by atoms with Gasteiger partial charge in [0.1, 0.15) is 0 Å². The van der Waals surface area contributed by atoms with Crippen LogP contribution in [0.2, 0.25) is 0 Å². The van der Waals surface area contributed by atoms with Gasteiger partial charge in [-0.25, -0.2) is 0 Å². The molecule has 0 radical (unpaired) electrons. The molecule has 0 saturated heterocycles. The first-order valence-corrected chi connectivity index (χ1v) is 7.24. The highest BCUT2D eigenvalue weighted by molar-refractivity contribution is 7.80. The molecule has 20 heavy (non-hydrogen) atoms. The van der Waals surface area contributed by atoms with Gasteiger partial charge in [-0.2, -0.15) is 0 Å². The summed E-state index contributed by atoms with van der Waals surface area (Å²) in [5.41, 5.74) is 6.73. The molecule has 1 rings (SSSR count). The van der Waals surface area contributed by atoms with Gasteiger partial charge in [0.05, 0.1) is 10.9 Å². The van der Waals surface area contributed by atoms with Gasteiger partial charge in [0.25, 0.3) is 0 Å². The van der Waals surface area contributed by atoms with E-state index >= 15 is 0 Å². The Labute approximate surface area is 125 Å². The number of carbonyl (C=O) groups excluding carboxylic acids is 1. The average Bonchev–Trinajstić information content (AvgIpc) is 2.45. The number of nitrogens with two attached hydrogens (primary N) is 1. The SMILES string of the molecule is CCOCCCNC(=O)C(Cc1ccccc1)C(N)=S. The summed E-state index contributed by atoms with van der Waals surface area (Å²) >= 11 is 5.01. The van der Waals surface area contributed by atoms with Crippen LogP contribution in [0.4, 0.5) is 0 Å². The highest BCUT2D eigenvalue weighted by Gasteiger charge is 2.21. The number of thiocarbonyl (C=S) groups is 1. The summed E-state index contributed by atoms with van der Waals surface area (Å²) in [6.07, 6.45) is 1.32. The Morgan fingerprint density at radius 1 is 1.40 bits per heavy atom. The Bertz CT molecular complexity index is 423. The molecular formula is C15H22N2O2S. The minimum Gasteiger partial charge on any atom is -0.393 e. The number of carbonyl (C=O) groups is 1. The fourth-order valence-corrected chi connectivity index (χ4v) is 2.02. The smallest absolute Gasteiger partial charge is 0.230 e. The quantitative estimate of drug-likeness (QED) is 0.537. The monoisotopic (exact) mass is 294 g/mol. The fourth-order valence-electron chi connectivity index (χ4n) is 1.83. The van der Waals surface area contributed by atoms with Crippen molar-refractivity contribution in [1.29, 1.82) is 0 Å². The second kappa shape index (κ2) is 9.44. The molecule has 0 spiro atoms.